The third-order valence-corrected chi connectivity index (χ3v) is 3.08. The molecule has 0 aliphatic heterocycles. The summed E-state index contributed by atoms with van der Waals surface area (Å²) in [6.45, 7) is 2.01. The van der Waals surface area contributed by atoms with Crippen LogP contribution in [0.15, 0.2) is 36.8 Å². The van der Waals surface area contributed by atoms with Crippen LogP contribution < -0.4 is 0 Å². The second kappa shape index (κ2) is 4.20. The van der Waals surface area contributed by atoms with E-state index in [-0.39, 0.29) is 5.69 Å². The average molecular weight is 253 g/mol. The van der Waals surface area contributed by atoms with Gasteiger partial charge in [-0.2, -0.15) is 0 Å². The molecule has 3 aromatic rings. The first-order chi connectivity index (χ1) is 9.16. The number of aromatic amines is 1. The molecule has 2 N–H and O–H groups in total. The summed E-state index contributed by atoms with van der Waals surface area (Å²) in [6.07, 6.45) is 3.11. The maximum atomic E-state index is 11.0. The van der Waals surface area contributed by atoms with Crippen LogP contribution in [-0.4, -0.2) is 26.0 Å². The van der Waals surface area contributed by atoms with Crippen LogP contribution in [0, 0.1) is 6.92 Å². The predicted octanol–water partition coefficient (Wildman–Crippen LogP) is 2.63. The largest absolute Gasteiger partial charge is 0.477 e. The zero-order valence-electron chi connectivity index (χ0n) is 10.2. The molecule has 0 radical (unpaired) electrons. The van der Waals surface area contributed by atoms with Crippen molar-refractivity contribution in [2.24, 2.45) is 0 Å². The molecule has 0 aliphatic carbocycles. The number of nitrogens with one attached hydrogen (secondary N) is 1. The molecule has 0 spiro atoms. The first-order valence-corrected chi connectivity index (χ1v) is 5.79. The number of carbonyl (C=O) groups is 1. The van der Waals surface area contributed by atoms with Gasteiger partial charge >= 0.3 is 5.97 Å². The number of aromatic nitrogens is 3. The molecule has 0 saturated carbocycles. The molecule has 0 amide bonds. The van der Waals surface area contributed by atoms with E-state index in [0.29, 0.717) is 5.69 Å². The van der Waals surface area contributed by atoms with Crippen molar-refractivity contribution in [1.82, 2.24) is 15.0 Å². The second-order valence-electron chi connectivity index (χ2n) is 4.29. The zero-order valence-corrected chi connectivity index (χ0v) is 10.2. The number of nitrogens with zero attached hydrogens (tertiary/aromatic N) is 2. The van der Waals surface area contributed by atoms with E-state index in [2.05, 4.69) is 15.0 Å². The van der Waals surface area contributed by atoms with Gasteiger partial charge in [-0.1, -0.05) is 12.1 Å². The number of carboxylic acids is 1. The van der Waals surface area contributed by atoms with Crippen molar-refractivity contribution < 1.29 is 9.90 Å². The summed E-state index contributed by atoms with van der Waals surface area (Å²) in [7, 11) is 0. The highest BCUT2D eigenvalue weighted by molar-refractivity contribution is 5.97. The summed E-state index contributed by atoms with van der Waals surface area (Å²) < 4.78 is 0. The van der Waals surface area contributed by atoms with Crippen molar-refractivity contribution in [3.05, 3.63) is 48.0 Å². The number of hydrogen-bond donors (Lipinski definition) is 2. The third kappa shape index (κ3) is 1.85. The fraction of sp³-hybridized carbons (Fsp3) is 0.0714. The van der Waals surface area contributed by atoms with E-state index < -0.39 is 5.97 Å². The van der Waals surface area contributed by atoms with Gasteiger partial charge in [0.25, 0.3) is 0 Å². The minimum atomic E-state index is -1.06. The molecule has 5 nitrogen and oxygen atoms in total. The van der Waals surface area contributed by atoms with E-state index in [1.54, 1.807) is 0 Å². The maximum absolute atomic E-state index is 11.0. The molecule has 0 unspecified atom stereocenters. The number of H-pyrrole nitrogens is 1. The second-order valence-corrected chi connectivity index (χ2v) is 4.29. The lowest BCUT2D eigenvalue weighted by atomic mass is 10.0. The summed E-state index contributed by atoms with van der Waals surface area (Å²) in [6, 6.07) is 7.45. The number of carboxylic acid groups (broad SMARTS) is 1. The van der Waals surface area contributed by atoms with Crippen molar-refractivity contribution in [1.29, 1.82) is 0 Å². The van der Waals surface area contributed by atoms with Crippen LogP contribution >= 0.6 is 0 Å². The number of hydrogen-bond acceptors (Lipinski definition) is 3. The third-order valence-electron chi connectivity index (χ3n) is 3.08. The van der Waals surface area contributed by atoms with Gasteiger partial charge < -0.3 is 10.1 Å². The lowest BCUT2D eigenvalue weighted by Crippen LogP contribution is -2.01. The van der Waals surface area contributed by atoms with E-state index >= 15 is 0 Å². The Labute approximate surface area is 109 Å². The number of rotatable bonds is 2. The van der Waals surface area contributed by atoms with Crippen molar-refractivity contribution in [3.63, 3.8) is 0 Å². The van der Waals surface area contributed by atoms with E-state index in [9.17, 15) is 4.79 Å². The molecular weight excluding hydrogens is 242 g/mol. The summed E-state index contributed by atoms with van der Waals surface area (Å²) in [4.78, 5) is 22.0. The van der Waals surface area contributed by atoms with E-state index in [1.807, 2.05) is 31.3 Å². The molecule has 1 aromatic carbocycles. The lowest BCUT2D eigenvalue weighted by molar-refractivity contribution is 0.0690. The summed E-state index contributed by atoms with van der Waals surface area (Å²) >= 11 is 0. The molecule has 2 aromatic heterocycles. The number of fused-ring (bicyclic) bond motifs is 1. The zero-order chi connectivity index (χ0) is 13.4. The molecular formula is C14H11N3O2. The van der Waals surface area contributed by atoms with Crippen LogP contribution in [-0.2, 0) is 0 Å². The number of benzene rings is 1. The monoisotopic (exact) mass is 253 g/mol. The molecule has 0 bridgehead atoms. The van der Waals surface area contributed by atoms with Crippen molar-refractivity contribution >= 4 is 16.9 Å². The van der Waals surface area contributed by atoms with Crippen molar-refractivity contribution in [2.75, 3.05) is 0 Å². The molecule has 0 saturated heterocycles. The Bertz CT molecular complexity index is 777. The van der Waals surface area contributed by atoms with Gasteiger partial charge in [0.05, 0.1) is 5.69 Å². The van der Waals surface area contributed by atoms with Gasteiger partial charge in [0.15, 0.2) is 5.69 Å². The summed E-state index contributed by atoms with van der Waals surface area (Å²) in [5.41, 5.74) is 3.61. The smallest absolute Gasteiger partial charge is 0.354 e. The highest BCUT2D eigenvalue weighted by atomic mass is 16.4. The van der Waals surface area contributed by atoms with Gasteiger partial charge in [0.2, 0.25) is 0 Å². The fourth-order valence-corrected chi connectivity index (χ4v) is 2.19. The molecule has 19 heavy (non-hydrogen) atoms. The van der Waals surface area contributed by atoms with Gasteiger partial charge in [-0.3, -0.25) is 0 Å². The molecule has 2 heterocycles. The molecule has 0 atom stereocenters. The standard InChI is InChI=1S/C14H11N3O2/c1-8-3-2-4-10-13(8)9(6-15-10)11-5-12(14(18)19)17-7-16-11/h2-7,15H,1H3,(H,18,19). The molecule has 3 rings (SSSR count). The van der Waals surface area contributed by atoms with Crippen LogP contribution in [0.3, 0.4) is 0 Å². The topological polar surface area (TPSA) is 78.9 Å². The van der Waals surface area contributed by atoms with Gasteiger partial charge in [-0.05, 0) is 24.6 Å². The molecule has 5 heteroatoms. The SMILES string of the molecule is Cc1cccc2[nH]cc(-c3cc(C(=O)O)ncn3)c12. The summed E-state index contributed by atoms with van der Waals surface area (Å²) in [5, 5.41) is 10.0. The molecule has 94 valence electrons. The minimum absolute atomic E-state index is 0.00654. The normalized spacial score (nSPS) is 10.8. The minimum Gasteiger partial charge on any atom is -0.477 e. The Morgan fingerprint density at radius 3 is 2.95 bits per heavy atom. The van der Waals surface area contributed by atoms with Crippen LogP contribution in [0.4, 0.5) is 0 Å². The highest BCUT2D eigenvalue weighted by Gasteiger charge is 2.12. The van der Waals surface area contributed by atoms with Gasteiger partial charge in [-0.25, -0.2) is 14.8 Å². The quantitative estimate of drug-likeness (QED) is 0.735. The number of aromatic carboxylic acids is 1. The Hall–Kier alpha value is -2.69. The van der Waals surface area contributed by atoms with Crippen LogP contribution in [0.1, 0.15) is 16.1 Å². The van der Waals surface area contributed by atoms with E-state index in [0.717, 1.165) is 22.0 Å². The van der Waals surface area contributed by atoms with Crippen LogP contribution in [0.5, 0.6) is 0 Å². The first-order valence-electron chi connectivity index (χ1n) is 5.79. The Morgan fingerprint density at radius 1 is 1.32 bits per heavy atom. The highest BCUT2D eigenvalue weighted by Crippen LogP contribution is 2.29. The summed E-state index contributed by atoms with van der Waals surface area (Å²) in [5.74, 6) is -1.06. The first kappa shape index (κ1) is 11.4. The average Bonchev–Trinajstić information content (AvgIpc) is 2.84. The molecule has 0 fully saturated rings. The van der Waals surface area contributed by atoms with Crippen molar-refractivity contribution in [3.8, 4) is 11.3 Å². The van der Waals surface area contributed by atoms with Gasteiger partial charge in [0.1, 0.15) is 6.33 Å². The maximum Gasteiger partial charge on any atom is 0.354 e. The lowest BCUT2D eigenvalue weighted by Gasteiger charge is -2.02. The fourth-order valence-electron chi connectivity index (χ4n) is 2.19. The van der Waals surface area contributed by atoms with Gasteiger partial charge in [0, 0.05) is 22.7 Å². The van der Waals surface area contributed by atoms with Crippen LogP contribution in [0.2, 0.25) is 0 Å². The van der Waals surface area contributed by atoms with Gasteiger partial charge in [-0.15, -0.1) is 0 Å². The van der Waals surface area contributed by atoms with Crippen LogP contribution in [0.25, 0.3) is 22.2 Å². The number of aryl methyl sites for hydroxylation is 1. The van der Waals surface area contributed by atoms with E-state index in [4.69, 9.17) is 5.11 Å². The Balaban J connectivity index is 2.25. The predicted molar refractivity (Wildman–Crippen MR) is 71.0 cm³/mol. The van der Waals surface area contributed by atoms with Crippen molar-refractivity contribution in [2.45, 2.75) is 6.92 Å². The Morgan fingerprint density at radius 2 is 2.16 bits per heavy atom. The molecule has 0 aliphatic rings. The Kier molecular flexibility index (Phi) is 2.52. The van der Waals surface area contributed by atoms with E-state index in [1.165, 1.54) is 12.4 Å².